The van der Waals surface area contributed by atoms with E-state index in [1.165, 1.54) is 0 Å². The van der Waals surface area contributed by atoms with E-state index in [1.807, 2.05) is 0 Å². The molecule has 1 aromatic heterocycles. The minimum Gasteiger partial charge on any atom is -0.345 e. The molecule has 0 fully saturated rings. The summed E-state index contributed by atoms with van der Waals surface area (Å²) in [7, 11) is 2.07. The van der Waals surface area contributed by atoms with Crippen molar-refractivity contribution in [3.63, 3.8) is 0 Å². The van der Waals surface area contributed by atoms with Gasteiger partial charge in [0.15, 0.2) is 0 Å². The number of aryl methyl sites for hydroxylation is 2. The van der Waals surface area contributed by atoms with Crippen LogP contribution in [0.3, 0.4) is 0 Å². The minimum absolute atomic E-state index is 0.734. The maximum Gasteiger partial charge on any atom is 0.205 e. The number of aromatic nitrogens is 2. The normalized spacial score (nSPS) is 10.7. The molecule has 4 heteroatoms. The Morgan fingerprint density at radius 2 is 2.20 bits per heavy atom. The molecule has 0 aliphatic carbocycles. The fourth-order valence-electron chi connectivity index (χ4n) is 1.60. The summed E-state index contributed by atoms with van der Waals surface area (Å²) >= 11 is 0. The first-order valence-electron chi connectivity index (χ1n) is 5.70. The lowest BCUT2D eigenvalue weighted by Crippen LogP contribution is -2.24. The molecule has 0 aliphatic heterocycles. The Hall–Kier alpha value is -1.03. The molecule has 1 aromatic rings. The largest absolute Gasteiger partial charge is 0.345 e. The van der Waals surface area contributed by atoms with Crippen molar-refractivity contribution in [2.75, 3.05) is 25.0 Å². The highest BCUT2D eigenvalue weighted by molar-refractivity contribution is 5.32. The van der Waals surface area contributed by atoms with Crippen molar-refractivity contribution in [1.82, 2.24) is 9.55 Å². The molecule has 15 heavy (non-hydrogen) atoms. The van der Waals surface area contributed by atoms with Gasteiger partial charge in [0.2, 0.25) is 5.95 Å². The molecular formula is C11H22N4. The van der Waals surface area contributed by atoms with E-state index in [4.69, 9.17) is 5.73 Å². The van der Waals surface area contributed by atoms with E-state index in [1.54, 1.807) is 0 Å². The molecule has 2 N–H and O–H groups in total. The molecule has 0 aromatic carbocycles. The molecular weight excluding hydrogens is 188 g/mol. The zero-order chi connectivity index (χ0) is 11.3. The van der Waals surface area contributed by atoms with Crippen LogP contribution in [0.15, 0.2) is 6.20 Å². The van der Waals surface area contributed by atoms with Gasteiger partial charge in [-0.3, -0.25) is 0 Å². The molecule has 0 unspecified atom stereocenters. The second kappa shape index (κ2) is 5.75. The van der Waals surface area contributed by atoms with Crippen molar-refractivity contribution in [3.05, 3.63) is 11.9 Å². The van der Waals surface area contributed by atoms with Gasteiger partial charge in [0.25, 0.3) is 0 Å². The van der Waals surface area contributed by atoms with E-state index < -0.39 is 0 Å². The molecule has 0 saturated heterocycles. The Kier molecular flexibility index (Phi) is 4.62. The lowest BCUT2D eigenvalue weighted by atomic mass is 10.4. The number of anilines is 1. The summed E-state index contributed by atoms with van der Waals surface area (Å²) in [5, 5.41) is 0. The van der Waals surface area contributed by atoms with E-state index in [-0.39, 0.29) is 0 Å². The predicted octanol–water partition coefficient (Wildman–Crippen LogP) is 1.25. The van der Waals surface area contributed by atoms with Gasteiger partial charge in [0.1, 0.15) is 0 Å². The van der Waals surface area contributed by atoms with Crippen LogP contribution in [0.2, 0.25) is 0 Å². The summed E-state index contributed by atoms with van der Waals surface area (Å²) in [5.41, 5.74) is 6.66. The van der Waals surface area contributed by atoms with Crippen LogP contribution in [0.5, 0.6) is 0 Å². The first-order valence-corrected chi connectivity index (χ1v) is 5.70. The summed E-state index contributed by atoms with van der Waals surface area (Å²) in [6.45, 7) is 6.94. The fraction of sp³-hybridized carbons (Fsp3) is 0.727. The van der Waals surface area contributed by atoms with Crippen molar-refractivity contribution in [1.29, 1.82) is 0 Å². The quantitative estimate of drug-likeness (QED) is 0.768. The summed E-state index contributed by atoms with van der Waals surface area (Å²) in [6, 6.07) is 0. The van der Waals surface area contributed by atoms with E-state index in [0.717, 1.165) is 44.1 Å². The molecule has 0 amide bonds. The van der Waals surface area contributed by atoms with Crippen LogP contribution >= 0.6 is 0 Å². The Morgan fingerprint density at radius 3 is 2.73 bits per heavy atom. The van der Waals surface area contributed by atoms with Crippen LogP contribution in [0.25, 0.3) is 0 Å². The average molecular weight is 210 g/mol. The zero-order valence-electron chi connectivity index (χ0n) is 10.0. The van der Waals surface area contributed by atoms with Crippen LogP contribution in [-0.2, 0) is 13.0 Å². The summed E-state index contributed by atoms with van der Waals surface area (Å²) in [6.07, 6.45) is 4.13. The third-order valence-electron chi connectivity index (χ3n) is 2.55. The number of nitrogens with zero attached hydrogens (tertiary/aromatic N) is 3. The average Bonchev–Trinajstić information content (AvgIpc) is 2.69. The van der Waals surface area contributed by atoms with Gasteiger partial charge in [-0.1, -0.05) is 6.92 Å². The monoisotopic (exact) mass is 210 g/mol. The third kappa shape index (κ3) is 2.96. The van der Waals surface area contributed by atoms with E-state index >= 15 is 0 Å². The van der Waals surface area contributed by atoms with E-state index in [2.05, 4.69) is 41.5 Å². The fourth-order valence-corrected chi connectivity index (χ4v) is 1.60. The number of nitrogens with two attached hydrogens (primary N) is 1. The maximum absolute atomic E-state index is 5.50. The molecule has 86 valence electrons. The summed E-state index contributed by atoms with van der Waals surface area (Å²) in [4.78, 5) is 6.78. The summed E-state index contributed by atoms with van der Waals surface area (Å²) in [5.74, 6) is 1.06. The molecule has 0 bridgehead atoms. The Balaban J connectivity index is 2.76. The van der Waals surface area contributed by atoms with Crippen molar-refractivity contribution in [2.24, 2.45) is 5.73 Å². The van der Waals surface area contributed by atoms with E-state index in [9.17, 15) is 0 Å². The molecule has 0 atom stereocenters. The van der Waals surface area contributed by atoms with Gasteiger partial charge in [-0.25, -0.2) is 4.98 Å². The van der Waals surface area contributed by atoms with Crippen molar-refractivity contribution >= 4 is 5.95 Å². The smallest absolute Gasteiger partial charge is 0.205 e. The lowest BCUT2D eigenvalue weighted by Gasteiger charge is -2.18. The standard InChI is InChI=1S/C11H22N4/c1-4-10-9-15(5-2)11(13-10)14(3)8-6-7-12/h9H,4-8,12H2,1-3H3. The first kappa shape index (κ1) is 12.0. The maximum atomic E-state index is 5.50. The number of rotatable bonds is 6. The Bertz CT molecular complexity index is 293. The van der Waals surface area contributed by atoms with Crippen LogP contribution < -0.4 is 10.6 Å². The second-order valence-electron chi connectivity index (χ2n) is 3.74. The van der Waals surface area contributed by atoms with Crippen LogP contribution in [-0.4, -0.2) is 29.7 Å². The third-order valence-corrected chi connectivity index (χ3v) is 2.55. The highest BCUT2D eigenvalue weighted by Gasteiger charge is 2.09. The van der Waals surface area contributed by atoms with Crippen molar-refractivity contribution < 1.29 is 0 Å². The van der Waals surface area contributed by atoms with Crippen molar-refractivity contribution in [2.45, 2.75) is 33.2 Å². The van der Waals surface area contributed by atoms with Gasteiger partial charge in [-0.05, 0) is 26.3 Å². The molecule has 0 radical (unpaired) electrons. The van der Waals surface area contributed by atoms with Crippen LogP contribution in [0.1, 0.15) is 26.0 Å². The SMILES string of the molecule is CCc1cn(CC)c(N(C)CCCN)n1. The van der Waals surface area contributed by atoms with Crippen LogP contribution in [0.4, 0.5) is 5.95 Å². The minimum atomic E-state index is 0.734. The molecule has 1 heterocycles. The molecule has 0 saturated carbocycles. The number of hydrogen-bond acceptors (Lipinski definition) is 3. The first-order chi connectivity index (χ1) is 7.22. The number of imidazole rings is 1. The molecule has 4 nitrogen and oxygen atoms in total. The number of hydrogen-bond donors (Lipinski definition) is 1. The predicted molar refractivity (Wildman–Crippen MR) is 64.2 cm³/mol. The van der Waals surface area contributed by atoms with Gasteiger partial charge in [-0.15, -0.1) is 0 Å². The van der Waals surface area contributed by atoms with Crippen molar-refractivity contribution in [3.8, 4) is 0 Å². The lowest BCUT2D eigenvalue weighted by molar-refractivity contribution is 0.707. The second-order valence-corrected chi connectivity index (χ2v) is 3.74. The highest BCUT2D eigenvalue weighted by Crippen LogP contribution is 2.13. The van der Waals surface area contributed by atoms with Gasteiger partial charge in [-0.2, -0.15) is 0 Å². The van der Waals surface area contributed by atoms with Gasteiger partial charge >= 0.3 is 0 Å². The molecule has 0 spiro atoms. The zero-order valence-corrected chi connectivity index (χ0v) is 10.0. The van der Waals surface area contributed by atoms with Crippen LogP contribution in [0, 0.1) is 0 Å². The van der Waals surface area contributed by atoms with Gasteiger partial charge < -0.3 is 15.2 Å². The van der Waals surface area contributed by atoms with Gasteiger partial charge in [0.05, 0.1) is 5.69 Å². The Labute approximate surface area is 92.1 Å². The Morgan fingerprint density at radius 1 is 1.47 bits per heavy atom. The van der Waals surface area contributed by atoms with Gasteiger partial charge in [0, 0.05) is 26.3 Å². The summed E-state index contributed by atoms with van der Waals surface area (Å²) < 4.78 is 2.19. The molecule has 0 aliphatic rings. The molecule has 1 rings (SSSR count). The highest BCUT2D eigenvalue weighted by atomic mass is 15.3. The topological polar surface area (TPSA) is 47.1 Å². The van der Waals surface area contributed by atoms with E-state index in [0.29, 0.717) is 0 Å².